The number of rotatable bonds is 4. The van der Waals surface area contributed by atoms with Crippen LogP contribution in [0.1, 0.15) is 34.6 Å². The molecular weight excluding hydrogens is 244 g/mol. The molecule has 17 heavy (non-hydrogen) atoms. The number of carbonyl (C=O) groups is 2. The Morgan fingerprint density at radius 2 is 2.12 bits per heavy atom. The molecule has 1 aromatic rings. The van der Waals surface area contributed by atoms with Crippen LogP contribution in [0.15, 0.2) is 18.2 Å². The average Bonchev–Trinajstić information content (AvgIpc) is 2.28. The van der Waals surface area contributed by atoms with Gasteiger partial charge in [-0.1, -0.05) is 0 Å². The predicted molar refractivity (Wildman–Crippen MR) is 63.7 cm³/mol. The highest BCUT2D eigenvalue weighted by Gasteiger charge is 2.18. The van der Waals surface area contributed by atoms with Crippen LogP contribution in [0.5, 0.6) is 5.75 Å². The molecule has 0 bridgehead atoms. The monoisotopic (exact) mass is 256 g/mol. The molecule has 0 saturated heterocycles. The van der Waals surface area contributed by atoms with Gasteiger partial charge in [0.25, 0.3) is 0 Å². The fourth-order valence-electron chi connectivity index (χ4n) is 1.30. The van der Waals surface area contributed by atoms with Gasteiger partial charge in [-0.2, -0.15) is 0 Å². The zero-order chi connectivity index (χ0) is 13.0. The highest BCUT2D eigenvalue weighted by atomic mass is 35.5. The highest BCUT2D eigenvalue weighted by molar-refractivity contribution is 6.33. The number of aromatic hydroxyl groups is 1. The van der Waals surface area contributed by atoms with Crippen molar-refractivity contribution in [3.63, 3.8) is 0 Å². The molecule has 5 heteroatoms. The van der Waals surface area contributed by atoms with Gasteiger partial charge in [0, 0.05) is 0 Å². The molecule has 0 aliphatic carbocycles. The van der Waals surface area contributed by atoms with Gasteiger partial charge < -0.3 is 9.84 Å². The average molecular weight is 257 g/mol. The summed E-state index contributed by atoms with van der Waals surface area (Å²) in [5.41, 5.74) is 0.295. The van der Waals surface area contributed by atoms with Crippen LogP contribution in [0.25, 0.3) is 0 Å². The Hall–Kier alpha value is -1.55. The molecule has 1 unspecified atom stereocenters. The van der Waals surface area contributed by atoms with E-state index in [1.165, 1.54) is 25.1 Å². The van der Waals surface area contributed by atoms with Crippen LogP contribution in [0.3, 0.4) is 0 Å². The lowest BCUT2D eigenvalue weighted by Gasteiger charge is -2.07. The van der Waals surface area contributed by atoms with Crippen LogP contribution in [-0.4, -0.2) is 28.8 Å². The van der Waals surface area contributed by atoms with Crippen molar-refractivity contribution in [2.75, 3.05) is 6.61 Å². The normalized spacial score (nSPS) is 11.9. The lowest BCUT2D eigenvalue weighted by molar-refractivity contribution is 0.0525. The first-order valence-electron chi connectivity index (χ1n) is 5.15. The first-order chi connectivity index (χ1) is 7.97. The molecule has 92 valence electrons. The second-order valence-corrected chi connectivity index (χ2v) is 4.09. The third kappa shape index (κ3) is 3.20. The number of benzene rings is 1. The molecule has 0 spiro atoms. The van der Waals surface area contributed by atoms with Crippen LogP contribution >= 0.6 is 11.6 Å². The zero-order valence-corrected chi connectivity index (χ0v) is 10.3. The number of ketones is 1. The van der Waals surface area contributed by atoms with E-state index in [0.717, 1.165) is 0 Å². The summed E-state index contributed by atoms with van der Waals surface area (Å²) in [7, 11) is 0. The number of phenols is 1. The number of hydrogen-bond acceptors (Lipinski definition) is 4. The Kier molecular flexibility index (Phi) is 4.52. The van der Waals surface area contributed by atoms with Crippen LogP contribution in [0, 0.1) is 0 Å². The largest absolute Gasteiger partial charge is 0.507 e. The SMILES string of the molecule is CCOC(=O)c1ccc(C(=O)C(C)Cl)c(O)c1. The minimum absolute atomic E-state index is 0.0977. The Balaban J connectivity index is 3.02. The third-order valence-corrected chi connectivity index (χ3v) is 2.33. The smallest absolute Gasteiger partial charge is 0.338 e. The Morgan fingerprint density at radius 3 is 2.59 bits per heavy atom. The maximum absolute atomic E-state index is 11.6. The summed E-state index contributed by atoms with van der Waals surface area (Å²) >= 11 is 5.63. The summed E-state index contributed by atoms with van der Waals surface area (Å²) in [6.07, 6.45) is 0. The number of carbonyl (C=O) groups excluding carboxylic acids is 2. The van der Waals surface area contributed by atoms with Crippen molar-refractivity contribution in [1.82, 2.24) is 0 Å². The highest BCUT2D eigenvalue weighted by Crippen LogP contribution is 2.22. The minimum atomic E-state index is -0.727. The Bertz CT molecular complexity index is 440. The lowest BCUT2D eigenvalue weighted by Crippen LogP contribution is -2.11. The van der Waals surface area contributed by atoms with E-state index in [9.17, 15) is 14.7 Å². The molecule has 0 aliphatic rings. The molecule has 1 atom stereocenters. The molecule has 0 heterocycles. The van der Waals surface area contributed by atoms with Gasteiger partial charge in [0.05, 0.1) is 23.1 Å². The van der Waals surface area contributed by atoms with E-state index in [0.29, 0.717) is 0 Å². The zero-order valence-electron chi connectivity index (χ0n) is 9.57. The number of Topliss-reactive ketones (excluding diaryl/α,β-unsaturated/α-hetero) is 1. The van der Waals surface area contributed by atoms with Gasteiger partial charge in [-0.3, -0.25) is 4.79 Å². The minimum Gasteiger partial charge on any atom is -0.507 e. The second kappa shape index (κ2) is 5.68. The van der Waals surface area contributed by atoms with Gasteiger partial charge in [0.1, 0.15) is 5.75 Å². The Labute approximate surface area is 104 Å². The molecule has 0 amide bonds. The van der Waals surface area contributed by atoms with Crippen LogP contribution < -0.4 is 0 Å². The molecule has 0 saturated carbocycles. The van der Waals surface area contributed by atoms with Gasteiger partial charge in [-0.15, -0.1) is 11.6 Å². The van der Waals surface area contributed by atoms with Crippen molar-refractivity contribution in [2.24, 2.45) is 0 Å². The number of halogens is 1. The van der Waals surface area contributed by atoms with E-state index in [2.05, 4.69) is 0 Å². The number of phenolic OH excluding ortho intramolecular Hbond substituents is 1. The van der Waals surface area contributed by atoms with Crippen LogP contribution in [0.2, 0.25) is 0 Å². The van der Waals surface area contributed by atoms with Gasteiger partial charge in [-0.05, 0) is 32.0 Å². The number of esters is 1. The van der Waals surface area contributed by atoms with Crippen LogP contribution in [0.4, 0.5) is 0 Å². The van der Waals surface area contributed by atoms with Crippen LogP contribution in [-0.2, 0) is 4.74 Å². The van der Waals surface area contributed by atoms with E-state index in [1.807, 2.05) is 0 Å². The summed E-state index contributed by atoms with van der Waals surface area (Å²) < 4.78 is 4.77. The summed E-state index contributed by atoms with van der Waals surface area (Å²) in [6, 6.07) is 3.98. The molecule has 0 fully saturated rings. The molecule has 1 rings (SSSR count). The van der Waals surface area contributed by atoms with Crippen molar-refractivity contribution in [1.29, 1.82) is 0 Å². The number of ether oxygens (including phenoxy) is 1. The maximum atomic E-state index is 11.6. The van der Waals surface area contributed by atoms with Gasteiger partial charge >= 0.3 is 5.97 Å². The topological polar surface area (TPSA) is 63.6 Å². The van der Waals surface area contributed by atoms with Gasteiger partial charge in [0.2, 0.25) is 0 Å². The fraction of sp³-hybridized carbons (Fsp3) is 0.333. The molecule has 0 radical (unpaired) electrons. The third-order valence-electron chi connectivity index (χ3n) is 2.14. The van der Waals surface area contributed by atoms with Crippen molar-refractivity contribution < 1.29 is 19.4 Å². The molecule has 1 N–H and O–H groups in total. The van der Waals surface area contributed by atoms with Crippen molar-refractivity contribution >= 4 is 23.4 Å². The van der Waals surface area contributed by atoms with Gasteiger partial charge in [0.15, 0.2) is 5.78 Å². The fourth-order valence-corrected chi connectivity index (χ4v) is 1.41. The summed E-state index contributed by atoms with van der Waals surface area (Å²) in [5, 5.41) is 8.91. The summed E-state index contributed by atoms with van der Waals surface area (Å²) in [6.45, 7) is 3.45. The first kappa shape index (κ1) is 13.5. The number of alkyl halides is 1. The van der Waals surface area contributed by atoms with E-state index < -0.39 is 11.3 Å². The van der Waals surface area contributed by atoms with E-state index in [1.54, 1.807) is 6.92 Å². The molecule has 0 aromatic heterocycles. The molecule has 0 aliphatic heterocycles. The number of hydrogen-bond donors (Lipinski definition) is 1. The standard InChI is InChI=1S/C12H13ClO4/c1-3-17-12(16)8-4-5-9(10(14)6-8)11(15)7(2)13/h4-7,14H,3H2,1-2H3. The summed E-state index contributed by atoms with van der Waals surface area (Å²) in [5.74, 6) is -1.20. The van der Waals surface area contributed by atoms with Crippen molar-refractivity contribution in [3.05, 3.63) is 29.3 Å². The van der Waals surface area contributed by atoms with E-state index in [4.69, 9.17) is 16.3 Å². The summed E-state index contributed by atoms with van der Waals surface area (Å²) in [4.78, 5) is 22.9. The van der Waals surface area contributed by atoms with Crippen molar-refractivity contribution in [3.8, 4) is 5.75 Å². The quantitative estimate of drug-likeness (QED) is 0.510. The lowest BCUT2D eigenvalue weighted by atomic mass is 10.0. The molecule has 1 aromatic carbocycles. The predicted octanol–water partition coefficient (Wildman–Crippen LogP) is 2.38. The second-order valence-electron chi connectivity index (χ2n) is 3.43. The van der Waals surface area contributed by atoms with E-state index in [-0.39, 0.29) is 29.3 Å². The Morgan fingerprint density at radius 1 is 1.47 bits per heavy atom. The molecular formula is C12H13ClO4. The molecule has 4 nitrogen and oxygen atoms in total. The maximum Gasteiger partial charge on any atom is 0.338 e. The van der Waals surface area contributed by atoms with Crippen molar-refractivity contribution in [2.45, 2.75) is 19.2 Å². The van der Waals surface area contributed by atoms with Gasteiger partial charge in [-0.25, -0.2) is 4.79 Å². The van der Waals surface area contributed by atoms with E-state index >= 15 is 0 Å². The first-order valence-corrected chi connectivity index (χ1v) is 5.59.